The lowest BCUT2D eigenvalue weighted by molar-refractivity contribution is 0.136. The maximum atomic E-state index is 3.63. The quantitative estimate of drug-likeness (QED) is 0.699. The molecule has 3 heteroatoms. The topological polar surface area (TPSA) is 9.72 Å². The number of hydrogen-bond acceptors (Lipinski definition) is 3. The van der Waals surface area contributed by atoms with Gasteiger partial charge in [-0.25, -0.2) is 0 Å². The molecule has 3 nitrogen and oxygen atoms in total. The molecule has 0 bridgehead atoms. The Bertz CT molecular complexity index is 341. The van der Waals surface area contributed by atoms with Crippen LogP contribution in [0.3, 0.4) is 0 Å². The van der Waals surface area contributed by atoms with Crippen LogP contribution in [0.4, 0.5) is 0 Å². The third-order valence-corrected chi connectivity index (χ3v) is 5.18. The summed E-state index contributed by atoms with van der Waals surface area (Å²) < 4.78 is 0. The van der Waals surface area contributed by atoms with E-state index in [1.807, 2.05) is 0 Å². The van der Waals surface area contributed by atoms with E-state index in [2.05, 4.69) is 40.4 Å². The molecule has 1 atom stereocenters. The van der Waals surface area contributed by atoms with Crippen molar-refractivity contribution in [3.05, 3.63) is 0 Å². The van der Waals surface area contributed by atoms with Crippen LogP contribution in [0.1, 0.15) is 52.4 Å². The lowest BCUT2D eigenvalue weighted by Gasteiger charge is -2.36. The highest BCUT2D eigenvalue weighted by Crippen LogP contribution is 2.15. The van der Waals surface area contributed by atoms with Gasteiger partial charge in [0.15, 0.2) is 0 Å². The van der Waals surface area contributed by atoms with Crippen molar-refractivity contribution in [3.63, 3.8) is 0 Å². The van der Waals surface area contributed by atoms with Crippen molar-refractivity contribution in [2.24, 2.45) is 0 Å². The average molecular weight is 306 g/mol. The second-order valence-electron chi connectivity index (χ2n) is 6.76. The average Bonchev–Trinajstić information content (AvgIpc) is 2.59. The number of piperidine rings is 2. The zero-order valence-corrected chi connectivity index (χ0v) is 14.8. The van der Waals surface area contributed by atoms with E-state index in [-0.39, 0.29) is 0 Å². The van der Waals surface area contributed by atoms with Crippen LogP contribution in [0.15, 0.2) is 0 Å². The molecule has 0 aromatic carbocycles. The predicted octanol–water partition coefficient (Wildman–Crippen LogP) is 2.67. The highest BCUT2D eigenvalue weighted by Gasteiger charge is 2.22. The molecule has 2 rings (SSSR count). The Morgan fingerprint density at radius 2 is 1.45 bits per heavy atom. The second-order valence-corrected chi connectivity index (χ2v) is 6.76. The van der Waals surface area contributed by atoms with Gasteiger partial charge in [0.1, 0.15) is 0 Å². The largest absolute Gasteiger partial charge is 0.301 e. The normalized spacial score (nSPS) is 22.3. The Kier molecular flexibility index (Phi) is 8.30. The minimum atomic E-state index is 0.453. The third-order valence-electron chi connectivity index (χ3n) is 5.18. The monoisotopic (exact) mass is 305 g/mol. The summed E-state index contributed by atoms with van der Waals surface area (Å²) in [5.74, 6) is 7.11. The lowest BCUT2D eigenvalue weighted by atomic mass is 10.1. The smallest absolute Gasteiger partial charge is 0.0843 e. The molecule has 0 unspecified atom stereocenters. The van der Waals surface area contributed by atoms with Crippen LogP contribution >= 0.6 is 0 Å². The number of hydrogen-bond donors (Lipinski definition) is 0. The van der Waals surface area contributed by atoms with E-state index in [4.69, 9.17) is 0 Å². The van der Waals surface area contributed by atoms with Crippen LogP contribution in [0.5, 0.6) is 0 Å². The summed E-state index contributed by atoms with van der Waals surface area (Å²) in [6.45, 7) is 13.8. The van der Waals surface area contributed by atoms with E-state index < -0.39 is 0 Å². The van der Waals surface area contributed by atoms with E-state index >= 15 is 0 Å². The Balaban J connectivity index is 1.92. The molecule has 22 heavy (non-hydrogen) atoms. The van der Waals surface area contributed by atoms with Gasteiger partial charge in [-0.05, 0) is 65.0 Å². The van der Waals surface area contributed by atoms with Gasteiger partial charge in [0, 0.05) is 6.54 Å². The summed E-state index contributed by atoms with van der Waals surface area (Å²) in [5, 5.41) is 0. The van der Waals surface area contributed by atoms with Gasteiger partial charge in [-0.2, -0.15) is 0 Å². The number of likely N-dealkylation sites (tertiary alicyclic amines) is 2. The Labute approximate surface area is 138 Å². The molecule has 0 aromatic heterocycles. The van der Waals surface area contributed by atoms with E-state index in [9.17, 15) is 0 Å². The van der Waals surface area contributed by atoms with E-state index in [0.717, 1.165) is 26.2 Å². The minimum absolute atomic E-state index is 0.453. The molecule has 2 aliphatic heterocycles. The Hall–Kier alpha value is -0.560. The van der Waals surface area contributed by atoms with Gasteiger partial charge in [0.25, 0.3) is 0 Å². The van der Waals surface area contributed by atoms with Crippen molar-refractivity contribution in [2.45, 2.75) is 58.4 Å². The molecule has 0 aliphatic carbocycles. The third kappa shape index (κ3) is 5.91. The zero-order chi connectivity index (χ0) is 15.6. The number of rotatable bonds is 6. The molecule has 0 N–H and O–H groups in total. The molecule has 126 valence electrons. The van der Waals surface area contributed by atoms with Crippen molar-refractivity contribution < 1.29 is 0 Å². The highest BCUT2D eigenvalue weighted by molar-refractivity contribution is 5.11. The Morgan fingerprint density at radius 1 is 0.864 bits per heavy atom. The standard InChI is InChI=1S/C19H35N3/c1-3-20(4-2)15-11-12-19(22-16-9-6-10-17-22)18-21-13-7-5-8-14-21/h19H,3-10,13-18H2,1-2H3/t19-/m0/s1. The van der Waals surface area contributed by atoms with E-state index in [1.54, 1.807) is 0 Å². The molecule has 0 saturated carbocycles. The second kappa shape index (κ2) is 10.3. The summed E-state index contributed by atoms with van der Waals surface area (Å²) in [4.78, 5) is 7.70. The molecule has 2 saturated heterocycles. The highest BCUT2D eigenvalue weighted by atomic mass is 15.2. The Morgan fingerprint density at radius 3 is 2.05 bits per heavy atom. The van der Waals surface area contributed by atoms with Crippen LogP contribution in [0.25, 0.3) is 0 Å². The molecule has 2 aliphatic rings. The molecule has 0 aromatic rings. The molecule has 2 heterocycles. The first-order valence-corrected chi connectivity index (χ1v) is 9.50. The maximum absolute atomic E-state index is 3.63. The van der Waals surface area contributed by atoms with Crippen molar-refractivity contribution in [2.75, 3.05) is 52.4 Å². The molecule has 0 amide bonds. The van der Waals surface area contributed by atoms with Crippen LogP contribution < -0.4 is 0 Å². The van der Waals surface area contributed by atoms with Gasteiger partial charge in [-0.15, -0.1) is 0 Å². The van der Waals surface area contributed by atoms with Crippen LogP contribution in [0, 0.1) is 11.8 Å². The van der Waals surface area contributed by atoms with Crippen molar-refractivity contribution >= 4 is 0 Å². The summed E-state index contributed by atoms with van der Waals surface area (Å²) in [7, 11) is 0. The van der Waals surface area contributed by atoms with Gasteiger partial charge in [0.2, 0.25) is 0 Å². The van der Waals surface area contributed by atoms with Gasteiger partial charge in [-0.3, -0.25) is 9.80 Å². The van der Waals surface area contributed by atoms with E-state index in [0.29, 0.717) is 6.04 Å². The SMILES string of the molecule is CCN(CC)CC#C[C@@H](CN1CCCCC1)N1CCCCC1. The van der Waals surface area contributed by atoms with Crippen molar-refractivity contribution in [1.29, 1.82) is 0 Å². The molecular weight excluding hydrogens is 270 g/mol. The first kappa shape index (κ1) is 17.8. The first-order valence-electron chi connectivity index (χ1n) is 9.50. The van der Waals surface area contributed by atoms with Crippen molar-refractivity contribution in [1.82, 2.24) is 14.7 Å². The lowest BCUT2D eigenvalue weighted by Crippen LogP contribution is -2.46. The first-order chi connectivity index (χ1) is 10.8. The van der Waals surface area contributed by atoms with Crippen LogP contribution in [-0.2, 0) is 0 Å². The van der Waals surface area contributed by atoms with Crippen molar-refractivity contribution in [3.8, 4) is 11.8 Å². The van der Waals surface area contributed by atoms with Gasteiger partial charge in [-0.1, -0.05) is 38.5 Å². The molecular formula is C19H35N3. The maximum Gasteiger partial charge on any atom is 0.0843 e. The summed E-state index contributed by atoms with van der Waals surface area (Å²) in [6.07, 6.45) is 8.28. The zero-order valence-electron chi connectivity index (χ0n) is 14.8. The van der Waals surface area contributed by atoms with Crippen LogP contribution in [0.2, 0.25) is 0 Å². The fraction of sp³-hybridized carbons (Fsp3) is 0.895. The van der Waals surface area contributed by atoms with Gasteiger partial charge < -0.3 is 4.90 Å². The fourth-order valence-corrected chi connectivity index (χ4v) is 3.59. The summed E-state index contributed by atoms with van der Waals surface area (Å²) >= 11 is 0. The minimum Gasteiger partial charge on any atom is -0.301 e. The fourth-order valence-electron chi connectivity index (χ4n) is 3.59. The molecule has 0 spiro atoms. The van der Waals surface area contributed by atoms with Crippen LogP contribution in [-0.4, -0.2) is 73.1 Å². The summed E-state index contributed by atoms with van der Waals surface area (Å²) in [6, 6.07) is 0.453. The molecule has 2 fully saturated rings. The number of nitrogens with zero attached hydrogens (tertiary/aromatic N) is 3. The van der Waals surface area contributed by atoms with E-state index in [1.165, 1.54) is 64.7 Å². The summed E-state index contributed by atoms with van der Waals surface area (Å²) in [5.41, 5.74) is 0. The molecule has 0 radical (unpaired) electrons. The van der Waals surface area contributed by atoms with Gasteiger partial charge in [0.05, 0.1) is 12.6 Å². The van der Waals surface area contributed by atoms with Gasteiger partial charge >= 0.3 is 0 Å². The predicted molar refractivity (Wildman–Crippen MR) is 95.1 cm³/mol.